The van der Waals surface area contributed by atoms with E-state index in [1.807, 2.05) is 18.2 Å². The van der Waals surface area contributed by atoms with Gasteiger partial charge in [-0.05, 0) is 65.7 Å². The molecular weight excluding hydrogens is 745 g/mol. The lowest BCUT2D eigenvalue weighted by Crippen LogP contribution is -2.00. The second-order valence-corrected chi connectivity index (χ2v) is 15.7. The molecule has 0 spiro atoms. The topological polar surface area (TPSA) is 48.8 Å². The van der Waals surface area contributed by atoms with Crippen molar-refractivity contribution in [2.45, 2.75) is 0 Å². The predicted molar refractivity (Wildman–Crippen MR) is 252 cm³/mol. The van der Waals surface area contributed by atoms with Gasteiger partial charge in [0.05, 0.1) is 38.7 Å². The zero-order valence-corrected chi connectivity index (χ0v) is 32.8. The van der Waals surface area contributed by atoms with Crippen molar-refractivity contribution in [3.05, 3.63) is 206 Å². The third kappa shape index (κ3) is 5.08. The number of benzene rings is 9. The molecule has 0 atom stereocenters. The SMILES string of the molecule is c1ccc(-c2cccc(-n3c4ccccc4c4ccc5c6c7oc8ccccc8c7ccc6n(-c6cccc(-c7nc(-c8ccccc8)c8ccccc8n7)c6)c5c43)c2)cc1. The van der Waals surface area contributed by atoms with E-state index in [4.69, 9.17) is 14.4 Å². The van der Waals surface area contributed by atoms with E-state index >= 15 is 0 Å². The fourth-order valence-electron chi connectivity index (χ4n) is 9.61. The third-order valence-electron chi connectivity index (χ3n) is 12.3. The van der Waals surface area contributed by atoms with Crippen LogP contribution in [0.4, 0.5) is 0 Å². The van der Waals surface area contributed by atoms with Gasteiger partial charge in [-0.3, -0.25) is 0 Å². The summed E-state index contributed by atoms with van der Waals surface area (Å²) in [6, 6.07) is 73.1. The van der Waals surface area contributed by atoms with Crippen molar-refractivity contribution in [3.8, 4) is 45.1 Å². The molecule has 0 saturated carbocycles. The van der Waals surface area contributed by atoms with Crippen molar-refractivity contribution < 1.29 is 4.42 Å². The van der Waals surface area contributed by atoms with E-state index in [-0.39, 0.29) is 0 Å². The third-order valence-corrected chi connectivity index (χ3v) is 12.3. The zero-order chi connectivity index (χ0) is 40.0. The molecule has 9 aromatic carbocycles. The molecule has 0 aliphatic rings. The normalized spacial score (nSPS) is 11.9. The maximum Gasteiger partial charge on any atom is 0.160 e. The molecule has 13 aromatic rings. The quantitative estimate of drug-likeness (QED) is 0.175. The van der Waals surface area contributed by atoms with Gasteiger partial charge < -0.3 is 13.6 Å². The molecule has 0 aliphatic carbocycles. The Morgan fingerprint density at radius 2 is 0.951 bits per heavy atom. The van der Waals surface area contributed by atoms with Gasteiger partial charge in [-0.1, -0.05) is 152 Å². The zero-order valence-electron chi connectivity index (χ0n) is 32.8. The van der Waals surface area contributed by atoms with Crippen LogP contribution in [0.3, 0.4) is 0 Å². The summed E-state index contributed by atoms with van der Waals surface area (Å²) in [5, 5.41) is 7.82. The fraction of sp³-hybridized carbons (Fsp3) is 0. The molecular formula is C56H34N4O. The van der Waals surface area contributed by atoms with Gasteiger partial charge in [-0.15, -0.1) is 0 Å². The van der Waals surface area contributed by atoms with E-state index in [0.717, 1.165) is 93.9 Å². The molecule has 0 radical (unpaired) electrons. The van der Waals surface area contributed by atoms with E-state index in [2.05, 4.69) is 197 Å². The minimum Gasteiger partial charge on any atom is -0.455 e. The molecule has 0 amide bonds. The summed E-state index contributed by atoms with van der Waals surface area (Å²) in [6.07, 6.45) is 0. The molecule has 0 unspecified atom stereocenters. The first kappa shape index (κ1) is 33.7. The Labute approximate surface area is 350 Å². The highest BCUT2D eigenvalue weighted by Crippen LogP contribution is 2.46. The monoisotopic (exact) mass is 778 g/mol. The summed E-state index contributed by atoms with van der Waals surface area (Å²) in [5.41, 5.74) is 14.5. The molecule has 284 valence electrons. The van der Waals surface area contributed by atoms with Gasteiger partial charge in [-0.2, -0.15) is 0 Å². The number of hydrogen-bond donors (Lipinski definition) is 0. The molecule has 0 aliphatic heterocycles. The maximum atomic E-state index is 6.82. The van der Waals surface area contributed by atoms with Crippen LogP contribution in [0.5, 0.6) is 0 Å². The van der Waals surface area contributed by atoms with Crippen molar-refractivity contribution in [1.29, 1.82) is 0 Å². The van der Waals surface area contributed by atoms with Gasteiger partial charge in [0.25, 0.3) is 0 Å². The lowest BCUT2D eigenvalue weighted by molar-refractivity contribution is 0.673. The molecule has 5 heteroatoms. The summed E-state index contributed by atoms with van der Waals surface area (Å²) in [5.74, 6) is 0.678. The average Bonchev–Trinajstić information content (AvgIpc) is 4.00. The highest BCUT2D eigenvalue weighted by Gasteiger charge is 2.24. The minimum atomic E-state index is 0.678. The molecule has 13 rings (SSSR count). The smallest absolute Gasteiger partial charge is 0.160 e. The fourth-order valence-corrected chi connectivity index (χ4v) is 9.61. The first-order chi connectivity index (χ1) is 30.3. The van der Waals surface area contributed by atoms with Gasteiger partial charge >= 0.3 is 0 Å². The number of hydrogen-bond acceptors (Lipinski definition) is 3. The summed E-state index contributed by atoms with van der Waals surface area (Å²) in [6.45, 7) is 0. The Balaban J connectivity index is 1.15. The van der Waals surface area contributed by atoms with E-state index in [1.54, 1.807) is 0 Å². The number of fused-ring (bicyclic) bond motifs is 12. The molecule has 5 nitrogen and oxygen atoms in total. The molecule has 0 bridgehead atoms. The van der Waals surface area contributed by atoms with Crippen molar-refractivity contribution in [2.24, 2.45) is 0 Å². The van der Waals surface area contributed by atoms with Crippen LogP contribution in [0.2, 0.25) is 0 Å². The Bertz CT molecular complexity index is 3880. The van der Waals surface area contributed by atoms with Crippen molar-refractivity contribution >= 4 is 76.5 Å². The Kier molecular flexibility index (Phi) is 7.24. The van der Waals surface area contributed by atoms with Crippen molar-refractivity contribution in [3.63, 3.8) is 0 Å². The molecule has 0 N–H and O–H groups in total. The van der Waals surface area contributed by atoms with Gasteiger partial charge in [0.2, 0.25) is 0 Å². The maximum absolute atomic E-state index is 6.82. The summed E-state index contributed by atoms with van der Waals surface area (Å²) < 4.78 is 11.7. The highest BCUT2D eigenvalue weighted by atomic mass is 16.3. The second-order valence-electron chi connectivity index (χ2n) is 15.7. The second kappa shape index (κ2) is 13.1. The Hall–Kier alpha value is -8.28. The number of furan rings is 1. The summed E-state index contributed by atoms with van der Waals surface area (Å²) in [7, 11) is 0. The lowest BCUT2D eigenvalue weighted by atomic mass is 10.0. The lowest BCUT2D eigenvalue weighted by Gasteiger charge is -2.14. The highest BCUT2D eigenvalue weighted by molar-refractivity contribution is 6.29. The summed E-state index contributed by atoms with van der Waals surface area (Å²) >= 11 is 0. The van der Waals surface area contributed by atoms with Crippen LogP contribution in [0.15, 0.2) is 211 Å². The molecule has 4 aromatic heterocycles. The van der Waals surface area contributed by atoms with E-state index in [1.165, 1.54) is 21.9 Å². The minimum absolute atomic E-state index is 0.678. The van der Waals surface area contributed by atoms with E-state index in [0.29, 0.717) is 5.82 Å². The molecule has 0 saturated heterocycles. The van der Waals surface area contributed by atoms with Crippen LogP contribution in [-0.4, -0.2) is 19.1 Å². The number of para-hydroxylation sites is 3. The molecule has 61 heavy (non-hydrogen) atoms. The van der Waals surface area contributed by atoms with Gasteiger partial charge in [-0.25, -0.2) is 9.97 Å². The van der Waals surface area contributed by atoms with Crippen LogP contribution in [0.25, 0.3) is 122 Å². The first-order valence-corrected chi connectivity index (χ1v) is 20.7. The van der Waals surface area contributed by atoms with Crippen LogP contribution >= 0.6 is 0 Å². The number of aromatic nitrogens is 4. The van der Waals surface area contributed by atoms with E-state index in [9.17, 15) is 0 Å². The van der Waals surface area contributed by atoms with E-state index < -0.39 is 0 Å². The Morgan fingerprint density at radius 3 is 1.77 bits per heavy atom. The van der Waals surface area contributed by atoms with Crippen molar-refractivity contribution in [1.82, 2.24) is 19.1 Å². The Morgan fingerprint density at radius 1 is 0.361 bits per heavy atom. The van der Waals surface area contributed by atoms with Crippen LogP contribution < -0.4 is 0 Å². The van der Waals surface area contributed by atoms with Crippen molar-refractivity contribution in [2.75, 3.05) is 0 Å². The van der Waals surface area contributed by atoms with Crippen LogP contribution in [0, 0.1) is 0 Å². The molecule has 0 fully saturated rings. The van der Waals surface area contributed by atoms with Crippen LogP contribution in [0.1, 0.15) is 0 Å². The van der Waals surface area contributed by atoms with Gasteiger partial charge in [0.15, 0.2) is 5.82 Å². The standard InChI is InChI=1S/C56H34N4O/c1-3-15-35(16-4-1)37-19-13-21-39(33-37)59-48-27-11-8-23-41(48)43-29-30-46-51-49(32-31-44-42-24-9-12-28-50(42)61-55(44)51)60(54(46)53(43)59)40-22-14-20-38(34-40)56-57-47-26-10-7-25-45(47)52(58-56)36-17-5-2-6-18-36/h1-34H. The molecule has 4 heterocycles. The first-order valence-electron chi connectivity index (χ1n) is 20.7. The van der Waals surface area contributed by atoms with Gasteiger partial charge in [0, 0.05) is 54.8 Å². The largest absolute Gasteiger partial charge is 0.455 e. The number of nitrogens with zero attached hydrogens (tertiary/aromatic N) is 4. The number of rotatable bonds is 5. The summed E-state index contributed by atoms with van der Waals surface area (Å²) in [4.78, 5) is 10.5. The van der Waals surface area contributed by atoms with Crippen LogP contribution in [-0.2, 0) is 0 Å². The average molecular weight is 779 g/mol. The van der Waals surface area contributed by atoms with Gasteiger partial charge in [0.1, 0.15) is 11.2 Å². The predicted octanol–water partition coefficient (Wildman–Crippen LogP) is 14.7.